The van der Waals surface area contributed by atoms with Crippen LogP contribution in [-0.2, 0) is 17.8 Å². The van der Waals surface area contributed by atoms with Crippen molar-refractivity contribution in [2.45, 2.75) is 25.8 Å². The summed E-state index contributed by atoms with van der Waals surface area (Å²) in [5, 5.41) is 0.656. The maximum atomic E-state index is 12.5. The van der Waals surface area contributed by atoms with Gasteiger partial charge in [-0.2, -0.15) is 0 Å². The number of carbonyl (C=O) groups excluding carboxylic acids is 1. The van der Waals surface area contributed by atoms with Gasteiger partial charge in [0.2, 0.25) is 5.91 Å². The second-order valence-electron chi connectivity index (χ2n) is 7.86. The molecule has 0 aliphatic carbocycles. The largest absolute Gasteiger partial charge is 0.497 e. The molecule has 32 heavy (non-hydrogen) atoms. The molecule has 6 nitrogen and oxygen atoms in total. The first-order chi connectivity index (χ1) is 15.5. The van der Waals surface area contributed by atoms with Gasteiger partial charge in [0.1, 0.15) is 17.1 Å². The normalized spacial score (nSPS) is 13.1. The van der Waals surface area contributed by atoms with E-state index in [0.29, 0.717) is 18.0 Å². The minimum Gasteiger partial charge on any atom is -0.497 e. The van der Waals surface area contributed by atoms with Gasteiger partial charge >= 0.3 is 0 Å². The van der Waals surface area contributed by atoms with Crippen molar-refractivity contribution in [2.24, 2.45) is 11.7 Å². The molecule has 0 radical (unpaired) electrons. The van der Waals surface area contributed by atoms with Crippen molar-refractivity contribution < 1.29 is 9.53 Å². The second-order valence-corrected chi connectivity index (χ2v) is 8.30. The number of halogens is 1. The number of hydrogen-bond acceptors (Lipinski definition) is 4. The van der Waals surface area contributed by atoms with Gasteiger partial charge in [0.05, 0.1) is 19.6 Å². The Balaban J connectivity index is 1.69. The third-order valence-corrected chi connectivity index (χ3v) is 6.10. The van der Waals surface area contributed by atoms with E-state index in [1.807, 2.05) is 67.6 Å². The number of nitrogens with two attached hydrogens (primary N) is 1. The molecule has 0 bridgehead atoms. The first kappa shape index (κ1) is 21.8. The lowest BCUT2D eigenvalue weighted by atomic mass is 9.84. The number of carbonyl (C=O) groups is 1. The number of ether oxygens (including phenoxy) is 1. The smallest absolute Gasteiger partial charge is 0.221 e. The average molecular weight is 449 g/mol. The van der Waals surface area contributed by atoms with Crippen molar-refractivity contribution in [3.05, 3.63) is 88.8 Å². The molecule has 0 saturated carbocycles. The van der Waals surface area contributed by atoms with Crippen LogP contribution in [0.4, 0.5) is 0 Å². The Hall–Kier alpha value is -3.38. The fourth-order valence-corrected chi connectivity index (χ4v) is 4.09. The number of methoxy groups -OCH3 is 1. The molecule has 4 aromatic rings. The lowest BCUT2D eigenvalue weighted by Gasteiger charge is -2.22. The topological polar surface area (TPSA) is 83.0 Å². The Labute approximate surface area is 192 Å². The van der Waals surface area contributed by atoms with Gasteiger partial charge in [-0.1, -0.05) is 42.8 Å². The summed E-state index contributed by atoms with van der Waals surface area (Å²) in [6.45, 7) is 2.58. The molecular weight excluding hydrogens is 424 g/mol. The van der Waals surface area contributed by atoms with Crippen LogP contribution in [0.3, 0.4) is 0 Å². The molecule has 2 aromatic carbocycles. The highest BCUT2D eigenvalue weighted by Crippen LogP contribution is 2.29. The highest BCUT2D eigenvalue weighted by atomic mass is 35.5. The molecule has 1 unspecified atom stereocenters. The van der Waals surface area contributed by atoms with E-state index in [2.05, 4.69) is 9.55 Å². The monoisotopic (exact) mass is 448 g/mol. The number of benzene rings is 2. The van der Waals surface area contributed by atoms with Crippen LogP contribution in [0.2, 0.25) is 5.02 Å². The van der Waals surface area contributed by atoms with Crippen LogP contribution < -0.4 is 10.5 Å². The van der Waals surface area contributed by atoms with Gasteiger partial charge < -0.3 is 15.0 Å². The van der Waals surface area contributed by atoms with Crippen LogP contribution in [0, 0.1) is 5.92 Å². The lowest BCUT2D eigenvalue weighted by Crippen LogP contribution is -2.30. The van der Waals surface area contributed by atoms with Gasteiger partial charge in [-0.25, -0.2) is 9.97 Å². The first-order valence-electron chi connectivity index (χ1n) is 10.4. The molecule has 164 valence electrons. The van der Waals surface area contributed by atoms with Gasteiger partial charge in [0.15, 0.2) is 5.65 Å². The molecule has 1 amide bonds. The average Bonchev–Trinajstić information content (AvgIpc) is 3.15. The molecule has 0 aliphatic heterocycles. The van der Waals surface area contributed by atoms with Crippen molar-refractivity contribution in [2.75, 3.05) is 7.11 Å². The third kappa shape index (κ3) is 4.60. The fourth-order valence-electron chi connectivity index (χ4n) is 3.96. The fraction of sp³-hybridized carbons (Fsp3) is 0.240. The summed E-state index contributed by atoms with van der Waals surface area (Å²) in [6, 6.07) is 19.2. The summed E-state index contributed by atoms with van der Waals surface area (Å²) in [4.78, 5) is 21.8. The molecule has 2 atom stereocenters. The summed E-state index contributed by atoms with van der Waals surface area (Å²) in [6.07, 6.45) is 2.16. The van der Waals surface area contributed by atoms with Gasteiger partial charge in [0.25, 0.3) is 0 Å². The molecule has 2 N–H and O–H groups in total. The molecule has 7 heteroatoms. The van der Waals surface area contributed by atoms with Crippen LogP contribution in [0.1, 0.15) is 29.8 Å². The second kappa shape index (κ2) is 9.40. The highest BCUT2D eigenvalue weighted by Gasteiger charge is 2.27. The Morgan fingerprint density at radius 1 is 1.12 bits per heavy atom. The Bertz CT molecular complexity index is 1220. The molecule has 2 heterocycles. The van der Waals surface area contributed by atoms with E-state index in [0.717, 1.165) is 33.9 Å². The molecule has 0 aliphatic rings. The van der Waals surface area contributed by atoms with Crippen LogP contribution in [0.25, 0.3) is 11.2 Å². The van der Waals surface area contributed by atoms with Gasteiger partial charge in [-0.15, -0.1) is 0 Å². The van der Waals surface area contributed by atoms with Crippen molar-refractivity contribution in [1.29, 1.82) is 0 Å². The van der Waals surface area contributed by atoms with Gasteiger partial charge in [0, 0.05) is 17.6 Å². The SMILES string of the molecule is COc1ccc(Cn2c(CC(C(N)=O)[C@H](C)c3ccc(Cl)cc3)nc3cccnc32)cc1. The maximum Gasteiger partial charge on any atom is 0.221 e. The molecule has 0 fully saturated rings. The molecule has 4 rings (SSSR count). The lowest BCUT2D eigenvalue weighted by molar-refractivity contribution is -0.122. The summed E-state index contributed by atoms with van der Waals surface area (Å²) < 4.78 is 7.32. The number of rotatable bonds is 8. The van der Waals surface area contributed by atoms with E-state index in [1.54, 1.807) is 13.3 Å². The number of imidazole rings is 1. The molecule has 0 spiro atoms. The molecule has 2 aromatic heterocycles. The summed E-state index contributed by atoms with van der Waals surface area (Å²) >= 11 is 6.03. The van der Waals surface area contributed by atoms with E-state index in [-0.39, 0.29) is 11.8 Å². The van der Waals surface area contributed by atoms with Crippen LogP contribution in [-0.4, -0.2) is 27.6 Å². The quantitative estimate of drug-likeness (QED) is 0.427. The van der Waals surface area contributed by atoms with Crippen molar-refractivity contribution >= 4 is 28.7 Å². The minimum absolute atomic E-state index is 0.0908. The van der Waals surface area contributed by atoms with E-state index in [9.17, 15) is 4.79 Å². The number of nitrogens with zero attached hydrogens (tertiary/aromatic N) is 3. The van der Waals surface area contributed by atoms with Crippen molar-refractivity contribution in [3.63, 3.8) is 0 Å². The van der Waals surface area contributed by atoms with E-state index < -0.39 is 5.92 Å². The van der Waals surface area contributed by atoms with E-state index in [1.165, 1.54) is 0 Å². The predicted octanol–water partition coefficient (Wildman–Crippen LogP) is 4.59. The summed E-state index contributed by atoms with van der Waals surface area (Å²) in [7, 11) is 1.65. The van der Waals surface area contributed by atoms with Crippen LogP contribution in [0.5, 0.6) is 5.75 Å². The van der Waals surface area contributed by atoms with Crippen molar-refractivity contribution in [1.82, 2.24) is 14.5 Å². The minimum atomic E-state index is -0.428. The number of hydrogen-bond donors (Lipinski definition) is 1. The maximum absolute atomic E-state index is 12.5. The number of primary amides is 1. The first-order valence-corrected chi connectivity index (χ1v) is 10.8. The van der Waals surface area contributed by atoms with E-state index >= 15 is 0 Å². The number of aromatic nitrogens is 3. The number of amides is 1. The summed E-state index contributed by atoms with van der Waals surface area (Å²) in [5.74, 6) is 0.699. The zero-order valence-corrected chi connectivity index (χ0v) is 18.8. The standard InChI is InChI=1S/C25H25ClN4O2/c1-16(18-7-9-19(26)10-8-18)21(24(27)31)14-23-29-22-4-3-13-28-25(22)30(23)15-17-5-11-20(32-2)12-6-17/h3-13,16,21H,14-15H2,1-2H3,(H2,27,31)/t16-,21?/m1/s1. The number of pyridine rings is 1. The molecular formula is C25H25ClN4O2. The zero-order chi connectivity index (χ0) is 22.7. The number of fused-ring (bicyclic) bond motifs is 1. The van der Waals surface area contributed by atoms with Gasteiger partial charge in [-0.3, -0.25) is 4.79 Å². The Morgan fingerprint density at radius 2 is 1.84 bits per heavy atom. The van der Waals surface area contributed by atoms with Crippen LogP contribution in [0.15, 0.2) is 66.9 Å². The summed E-state index contributed by atoms with van der Waals surface area (Å²) in [5.41, 5.74) is 9.51. The highest BCUT2D eigenvalue weighted by molar-refractivity contribution is 6.30. The molecule has 0 saturated heterocycles. The van der Waals surface area contributed by atoms with E-state index in [4.69, 9.17) is 27.1 Å². The zero-order valence-electron chi connectivity index (χ0n) is 18.0. The third-order valence-electron chi connectivity index (χ3n) is 5.85. The van der Waals surface area contributed by atoms with Gasteiger partial charge in [-0.05, 0) is 53.4 Å². The van der Waals surface area contributed by atoms with Crippen molar-refractivity contribution in [3.8, 4) is 5.75 Å². The van der Waals surface area contributed by atoms with Crippen LogP contribution >= 0.6 is 11.6 Å². The Kier molecular flexibility index (Phi) is 6.42. The Morgan fingerprint density at radius 3 is 2.50 bits per heavy atom. The predicted molar refractivity (Wildman–Crippen MR) is 126 cm³/mol.